The smallest absolute Gasteiger partial charge is 0.105 e. The van der Waals surface area contributed by atoms with Crippen molar-refractivity contribution in [2.75, 3.05) is 6.54 Å². The molecule has 1 aromatic carbocycles. The Kier molecular flexibility index (Phi) is 4.45. The minimum atomic E-state index is 0.189. The zero-order chi connectivity index (χ0) is 13.0. The molecule has 0 aliphatic carbocycles. The van der Waals surface area contributed by atoms with Crippen LogP contribution in [-0.2, 0) is 6.42 Å². The van der Waals surface area contributed by atoms with Crippen molar-refractivity contribution in [2.24, 2.45) is 0 Å². The highest BCUT2D eigenvalue weighted by molar-refractivity contribution is 6.31. The average molecular weight is 264 g/mol. The molecule has 0 radical (unpaired) electrons. The van der Waals surface area contributed by atoms with Crippen molar-refractivity contribution in [1.82, 2.24) is 5.32 Å². The van der Waals surface area contributed by atoms with Crippen LogP contribution in [-0.4, -0.2) is 6.54 Å². The molecule has 1 atom stereocenters. The molecule has 0 saturated carbocycles. The average Bonchev–Trinajstić information content (AvgIpc) is 2.81. The van der Waals surface area contributed by atoms with E-state index >= 15 is 0 Å². The molecule has 1 aromatic heterocycles. The zero-order valence-electron chi connectivity index (χ0n) is 10.7. The number of aryl methyl sites for hydroxylation is 1. The summed E-state index contributed by atoms with van der Waals surface area (Å²) in [7, 11) is 0. The zero-order valence-corrected chi connectivity index (χ0v) is 11.5. The maximum absolute atomic E-state index is 6.33. The van der Waals surface area contributed by atoms with Crippen LogP contribution < -0.4 is 5.32 Å². The van der Waals surface area contributed by atoms with Crippen LogP contribution in [0.25, 0.3) is 0 Å². The minimum absolute atomic E-state index is 0.189. The van der Waals surface area contributed by atoms with Gasteiger partial charge in [-0.2, -0.15) is 0 Å². The third kappa shape index (κ3) is 3.15. The molecule has 96 valence electrons. The molecular weight excluding hydrogens is 246 g/mol. The third-order valence-electron chi connectivity index (χ3n) is 2.97. The van der Waals surface area contributed by atoms with E-state index in [9.17, 15) is 0 Å². The molecule has 0 fully saturated rings. The van der Waals surface area contributed by atoms with E-state index in [4.69, 9.17) is 16.0 Å². The summed E-state index contributed by atoms with van der Waals surface area (Å²) in [4.78, 5) is 0. The Labute approximate surface area is 113 Å². The van der Waals surface area contributed by atoms with Gasteiger partial charge in [-0.3, -0.25) is 0 Å². The second kappa shape index (κ2) is 6.07. The fraction of sp³-hybridized carbons (Fsp3) is 0.333. The Bertz CT molecular complexity index is 493. The van der Waals surface area contributed by atoms with E-state index in [1.165, 1.54) is 5.56 Å². The Balaban J connectivity index is 2.23. The van der Waals surface area contributed by atoms with Gasteiger partial charge >= 0.3 is 0 Å². The maximum Gasteiger partial charge on any atom is 0.105 e. The molecule has 0 amide bonds. The predicted octanol–water partition coefficient (Wildman–Crippen LogP) is 4.13. The SMILES string of the molecule is CCNC(Cc1ccco1)c1ccc(C)cc1Cl. The lowest BCUT2D eigenvalue weighted by Gasteiger charge is -2.19. The molecule has 0 saturated heterocycles. The lowest BCUT2D eigenvalue weighted by Crippen LogP contribution is -2.23. The normalized spacial score (nSPS) is 12.6. The Morgan fingerprint density at radius 2 is 2.17 bits per heavy atom. The van der Waals surface area contributed by atoms with Crippen LogP contribution in [0, 0.1) is 6.92 Å². The lowest BCUT2D eigenvalue weighted by atomic mass is 10.0. The van der Waals surface area contributed by atoms with E-state index in [0.29, 0.717) is 0 Å². The first kappa shape index (κ1) is 13.2. The van der Waals surface area contributed by atoms with Crippen LogP contribution in [0.1, 0.15) is 29.9 Å². The van der Waals surface area contributed by atoms with Gasteiger partial charge in [0.25, 0.3) is 0 Å². The van der Waals surface area contributed by atoms with Crippen LogP contribution in [0.15, 0.2) is 41.0 Å². The molecule has 0 aliphatic heterocycles. The number of furan rings is 1. The van der Waals surface area contributed by atoms with Gasteiger partial charge in [-0.05, 0) is 42.8 Å². The molecule has 1 unspecified atom stereocenters. The van der Waals surface area contributed by atoms with Crippen molar-refractivity contribution in [3.05, 3.63) is 58.5 Å². The quantitative estimate of drug-likeness (QED) is 0.877. The van der Waals surface area contributed by atoms with Gasteiger partial charge in [-0.25, -0.2) is 0 Å². The van der Waals surface area contributed by atoms with Crippen molar-refractivity contribution in [2.45, 2.75) is 26.3 Å². The third-order valence-corrected chi connectivity index (χ3v) is 3.29. The number of rotatable bonds is 5. The van der Waals surface area contributed by atoms with E-state index in [2.05, 4.69) is 24.4 Å². The number of benzene rings is 1. The van der Waals surface area contributed by atoms with E-state index in [1.54, 1.807) is 6.26 Å². The highest BCUT2D eigenvalue weighted by atomic mass is 35.5. The van der Waals surface area contributed by atoms with Gasteiger partial charge in [0.05, 0.1) is 6.26 Å². The van der Waals surface area contributed by atoms with Gasteiger partial charge in [-0.1, -0.05) is 30.7 Å². The monoisotopic (exact) mass is 263 g/mol. The number of halogens is 1. The molecule has 0 spiro atoms. The van der Waals surface area contributed by atoms with Crippen LogP contribution in [0.4, 0.5) is 0 Å². The minimum Gasteiger partial charge on any atom is -0.469 e. The molecule has 18 heavy (non-hydrogen) atoms. The highest BCUT2D eigenvalue weighted by Gasteiger charge is 2.15. The molecule has 2 nitrogen and oxygen atoms in total. The second-order valence-electron chi connectivity index (χ2n) is 4.42. The molecular formula is C15H18ClNO. The number of nitrogens with one attached hydrogen (secondary N) is 1. The van der Waals surface area contributed by atoms with Crippen molar-refractivity contribution in [3.8, 4) is 0 Å². The van der Waals surface area contributed by atoms with E-state index in [-0.39, 0.29) is 6.04 Å². The van der Waals surface area contributed by atoms with Crippen molar-refractivity contribution in [1.29, 1.82) is 0 Å². The van der Waals surface area contributed by atoms with Crippen molar-refractivity contribution < 1.29 is 4.42 Å². The van der Waals surface area contributed by atoms with Gasteiger partial charge < -0.3 is 9.73 Å². The first-order valence-electron chi connectivity index (χ1n) is 6.22. The maximum atomic E-state index is 6.33. The van der Waals surface area contributed by atoms with Crippen LogP contribution in [0.2, 0.25) is 5.02 Å². The fourth-order valence-corrected chi connectivity index (χ4v) is 2.45. The predicted molar refractivity (Wildman–Crippen MR) is 75.0 cm³/mol. The summed E-state index contributed by atoms with van der Waals surface area (Å²) in [5.74, 6) is 0.970. The molecule has 3 heteroatoms. The van der Waals surface area contributed by atoms with Crippen molar-refractivity contribution in [3.63, 3.8) is 0 Å². The topological polar surface area (TPSA) is 25.2 Å². The number of hydrogen-bond donors (Lipinski definition) is 1. The molecule has 2 rings (SSSR count). The summed E-state index contributed by atoms with van der Waals surface area (Å²) < 4.78 is 5.41. The first-order chi connectivity index (χ1) is 8.70. The molecule has 2 aromatic rings. The summed E-state index contributed by atoms with van der Waals surface area (Å²) >= 11 is 6.33. The Morgan fingerprint density at radius 1 is 1.33 bits per heavy atom. The van der Waals surface area contributed by atoms with E-state index in [1.807, 2.05) is 25.1 Å². The summed E-state index contributed by atoms with van der Waals surface area (Å²) in [6, 6.07) is 10.3. The largest absolute Gasteiger partial charge is 0.469 e. The lowest BCUT2D eigenvalue weighted by molar-refractivity contribution is 0.455. The molecule has 1 heterocycles. The second-order valence-corrected chi connectivity index (χ2v) is 4.83. The first-order valence-corrected chi connectivity index (χ1v) is 6.60. The molecule has 1 N–H and O–H groups in total. The Hall–Kier alpha value is -1.25. The summed E-state index contributed by atoms with van der Waals surface area (Å²) in [6.45, 7) is 5.04. The summed E-state index contributed by atoms with van der Waals surface area (Å²) in [5, 5.41) is 4.27. The number of likely N-dealkylation sites (N-methyl/N-ethyl adjacent to an activating group) is 1. The van der Waals surface area contributed by atoms with E-state index in [0.717, 1.165) is 29.3 Å². The van der Waals surface area contributed by atoms with Gasteiger partial charge in [0.2, 0.25) is 0 Å². The number of hydrogen-bond acceptors (Lipinski definition) is 2. The Morgan fingerprint density at radius 3 is 2.78 bits per heavy atom. The van der Waals surface area contributed by atoms with Gasteiger partial charge in [0.15, 0.2) is 0 Å². The van der Waals surface area contributed by atoms with Crippen LogP contribution in [0.5, 0.6) is 0 Å². The van der Waals surface area contributed by atoms with Crippen LogP contribution >= 0.6 is 11.6 Å². The fourth-order valence-electron chi connectivity index (χ4n) is 2.08. The highest BCUT2D eigenvalue weighted by Crippen LogP contribution is 2.26. The summed E-state index contributed by atoms with van der Waals surface area (Å²) in [6.07, 6.45) is 2.51. The molecule has 0 aliphatic rings. The van der Waals surface area contributed by atoms with Gasteiger partial charge in [-0.15, -0.1) is 0 Å². The summed E-state index contributed by atoms with van der Waals surface area (Å²) in [5.41, 5.74) is 2.30. The van der Waals surface area contributed by atoms with Gasteiger partial charge in [0, 0.05) is 17.5 Å². The van der Waals surface area contributed by atoms with Crippen molar-refractivity contribution >= 4 is 11.6 Å². The standard InChI is InChI=1S/C15H18ClNO/c1-3-17-15(10-12-5-4-8-18-12)13-7-6-11(2)9-14(13)16/h4-9,15,17H,3,10H2,1-2H3. The van der Waals surface area contributed by atoms with E-state index < -0.39 is 0 Å². The van der Waals surface area contributed by atoms with Crippen LogP contribution in [0.3, 0.4) is 0 Å². The molecule has 0 bridgehead atoms. The van der Waals surface area contributed by atoms with Gasteiger partial charge in [0.1, 0.15) is 5.76 Å².